The Morgan fingerprint density at radius 2 is 2.24 bits per heavy atom. The molecule has 4 nitrogen and oxygen atoms in total. The molecule has 0 unspecified atom stereocenters. The molecule has 0 amide bonds. The molecule has 90 valence electrons. The number of halogens is 1. The van der Waals surface area contributed by atoms with E-state index in [2.05, 4.69) is 4.89 Å². The lowest BCUT2D eigenvalue weighted by molar-refractivity contribution is -0.209. The summed E-state index contributed by atoms with van der Waals surface area (Å²) in [6.45, 7) is 2.84. The molecule has 0 aliphatic carbocycles. The van der Waals surface area contributed by atoms with Crippen molar-refractivity contribution in [1.29, 1.82) is 0 Å². The third kappa shape index (κ3) is 2.36. The van der Waals surface area contributed by atoms with E-state index in [1.807, 2.05) is 35.9 Å². The summed E-state index contributed by atoms with van der Waals surface area (Å²) in [6, 6.07) is 7.54. The highest BCUT2D eigenvalue weighted by molar-refractivity contribution is 6.26. The predicted octanol–water partition coefficient (Wildman–Crippen LogP) is 2.74. The van der Waals surface area contributed by atoms with Crippen LogP contribution in [0.3, 0.4) is 0 Å². The van der Waals surface area contributed by atoms with Crippen LogP contribution in [-0.2, 0) is 16.2 Å². The van der Waals surface area contributed by atoms with E-state index in [4.69, 9.17) is 16.5 Å². The summed E-state index contributed by atoms with van der Waals surface area (Å²) in [7, 11) is 0. The monoisotopic (exact) mass is 253 g/mol. The molecule has 0 fully saturated rings. The van der Waals surface area contributed by atoms with Gasteiger partial charge in [0.15, 0.2) is 0 Å². The van der Waals surface area contributed by atoms with E-state index in [-0.39, 0.29) is 5.88 Å². The lowest BCUT2D eigenvalue weighted by Gasteiger charge is -2.07. The minimum absolute atomic E-state index is 0.231. The van der Waals surface area contributed by atoms with Gasteiger partial charge in [0.25, 0.3) is 0 Å². The Balaban J connectivity index is 2.32. The molecule has 0 aliphatic heterocycles. The highest BCUT2D eigenvalue weighted by Crippen LogP contribution is 2.26. The fourth-order valence-corrected chi connectivity index (χ4v) is 1.71. The van der Waals surface area contributed by atoms with Crippen LogP contribution in [-0.4, -0.2) is 16.4 Å². The number of para-hydroxylation sites is 1. The van der Waals surface area contributed by atoms with Gasteiger partial charge in [0, 0.05) is 18.1 Å². The van der Waals surface area contributed by atoms with Gasteiger partial charge in [-0.2, -0.15) is 0 Å². The molecule has 1 aromatic heterocycles. The van der Waals surface area contributed by atoms with Crippen molar-refractivity contribution in [3.05, 3.63) is 30.5 Å². The number of carbonyl (C=O) groups is 1. The number of aryl methyl sites for hydroxylation is 1. The minimum atomic E-state index is -0.613. The van der Waals surface area contributed by atoms with Gasteiger partial charge in [-0.05, 0) is 19.1 Å². The lowest BCUT2D eigenvalue weighted by Crippen LogP contribution is -2.09. The molecule has 0 radical (unpaired) electrons. The van der Waals surface area contributed by atoms with Crippen LogP contribution in [0, 0.1) is 0 Å². The Kier molecular flexibility index (Phi) is 3.54. The van der Waals surface area contributed by atoms with E-state index >= 15 is 0 Å². The Hall–Kier alpha value is -1.68. The van der Waals surface area contributed by atoms with E-state index in [1.165, 1.54) is 0 Å². The van der Waals surface area contributed by atoms with Gasteiger partial charge in [0.05, 0.1) is 5.52 Å². The Labute approximate surface area is 104 Å². The number of hydrogen-bond acceptors (Lipinski definition) is 3. The van der Waals surface area contributed by atoms with Crippen LogP contribution in [0.2, 0.25) is 0 Å². The molecule has 0 spiro atoms. The van der Waals surface area contributed by atoms with Gasteiger partial charge < -0.3 is 4.57 Å². The van der Waals surface area contributed by atoms with Crippen molar-refractivity contribution in [2.75, 3.05) is 5.88 Å². The highest BCUT2D eigenvalue weighted by atomic mass is 35.5. The van der Waals surface area contributed by atoms with E-state index in [0.717, 1.165) is 17.4 Å². The molecule has 0 bridgehead atoms. The summed E-state index contributed by atoms with van der Waals surface area (Å²) in [6.07, 6.45) is 1.96. The summed E-state index contributed by atoms with van der Waals surface area (Å²) < 4.78 is 2.01. The molecule has 0 saturated carbocycles. The molecule has 2 rings (SSSR count). The zero-order valence-electron chi connectivity index (χ0n) is 9.35. The number of aromatic nitrogens is 1. The lowest BCUT2D eigenvalue weighted by atomic mass is 10.2. The SMILES string of the molecule is CCn1ccc2cccc(OOC(=O)CCl)c21. The number of rotatable bonds is 4. The van der Waals surface area contributed by atoms with Crippen LogP contribution in [0.1, 0.15) is 6.92 Å². The Morgan fingerprint density at radius 1 is 1.41 bits per heavy atom. The van der Waals surface area contributed by atoms with E-state index in [9.17, 15) is 4.79 Å². The van der Waals surface area contributed by atoms with Crippen LogP contribution in [0.4, 0.5) is 0 Å². The van der Waals surface area contributed by atoms with Crippen molar-refractivity contribution < 1.29 is 14.6 Å². The van der Waals surface area contributed by atoms with Crippen molar-refractivity contribution in [3.63, 3.8) is 0 Å². The average molecular weight is 254 g/mol. The van der Waals surface area contributed by atoms with Crippen LogP contribution >= 0.6 is 11.6 Å². The number of hydrogen-bond donors (Lipinski definition) is 0. The van der Waals surface area contributed by atoms with Crippen molar-refractivity contribution >= 4 is 28.5 Å². The molecular formula is C12H12ClNO3. The second-order valence-electron chi connectivity index (χ2n) is 3.47. The third-order valence-electron chi connectivity index (χ3n) is 2.43. The molecule has 1 heterocycles. The summed E-state index contributed by atoms with van der Waals surface area (Å²) >= 11 is 5.31. The molecule has 17 heavy (non-hydrogen) atoms. The average Bonchev–Trinajstić information content (AvgIpc) is 2.79. The molecule has 0 N–H and O–H groups in total. The largest absolute Gasteiger partial charge is 0.370 e. The van der Waals surface area contributed by atoms with Gasteiger partial charge in [0.2, 0.25) is 5.75 Å². The fourth-order valence-electron chi connectivity index (χ4n) is 1.67. The molecule has 0 atom stereocenters. The minimum Gasteiger partial charge on any atom is -0.345 e. The summed E-state index contributed by atoms with van der Waals surface area (Å²) in [5, 5.41) is 1.03. The normalized spacial score (nSPS) is 10.5. The number of nitrogens with zero attached hydrogens (tertiary/aromatic N) is 1. The van der Waals surface area contributed by atoms with E-state index < -0.39 is 5.97 Å². The number of fused-ring (bicyclic) bond motifs is 1. The maximum absolute atomic E-state index is 10.9. The smallest absolute Gasteiger partial charge is 0.345 e. The third-order valence-corrected chi connectivity index (χ3v) is 2.64. The molecule has 0 aliphatic rings. The maximum atomic E-state index is 10.9. The van der Waals surface area contributed by atoms with Gasteiger partial charge in [0.1, 0.15) is 5.88 Å². The molecule has 5 heteroatoms. The van der Waals surface area contributed by atoms with E-state index in [0.29, 0.717) is 5.75 Å². The first-order valence-corrected chi connectivity index (χ1v) is 5.81. The summed E-state index contributed by atoms with van der Waals surface area (Å²) in [4.78, 5) is 20.5. The maximum Gasteiger partial charge on any atom is 0.370 e. The van der Waals surface area contributed by atoms with Gasteiger partial charge in [-0.3, -0.25) is 4.89 Å². The van der Waals surface area contributed by atoms with Gasteiger partial charge in [-0.25, -0.2) is 9.68 Å². The van der Waals surface area contributed by atoms with Crippen LogP contribution < -0.4 is 4.89 Å². The van der Waals surface area contributed by atoms with Crippen molar-refractivity contribution in [1.82, 2.24) is 4.57 Å². The Bertz CT molecular complexity index is 536. The Morgan fingerprint density at radius 3 is 2.94 bits per heavy atom. The second-order valence-corrected chi connectivity index (χ2v) is 3.74. The quantitative estimate of drug-likeness (QED) is 0.478. The summed E-state index contributed by atoms with van der Waals surface area (Å²) in [5.41, 5.74) is 0.900. The van der Waals surface area contributed by atoms with Gasteiger partial charge >= 0.3 is 5.97 Å². The van der Waals surface area contributed by atoms with Crippen LogP contribution in [0.15, 0.2) is 30.5 Å². The van der Waals surface area contributed by atoms with Gasteiger partial charge in [-0.15, -0.1) is 11.6 Å². The number of benzene rings is 1. The zero-order chi connectivity index (χ0) is 12.3. The van der Waals surface area contributed by atoms with Crippen molar-refractivity contribution in [3.8, 4) is 5.75 Å². The van der Waals surface area contributed by atoms with Crippen LogP contribution in [0.5, 0.6) is 5.75 Å². The van der Waals surface area contributed by atoms with Crippen LogP contribution in [0.25, 0.3) is 10.9 Å². The first kappa shape index (κ1) is 11.8. The molecular weight excluding hydrogens is 242 g/mol. The standard InChI is InChI=1S/C12H12ClNO3/c1-2-14-7-6-9-4-3-5-10(12(9)14)16-17-11(15)8-13/h3-7H,2,8H2,1H3. The van der Waals surface area contributed by atoms with E-state index in [1.54, 1.807) is 6.07 Å². The zero-order valence-corrected chi connectivity index (χ0v) is 10.1. The van der Waals surface area contributed by atoms with Crippen molar-refractivity contribution in [2.24, 2.45) is 0 Å². The summed E-state index contributed by atoms with van der Waals surface area (Å²) in [5.74, 6) is -0.337. The predicted molar refractivity (Wildman–Crippen MR) is 65.1 cm³/mol. The first-order chi connectivity index (χ1) is 8.26. The number of alkyl halides is 1. The topological polar surface area (TPSA) is 40.5 Å². The first-order valence-electron chi connectivity index (χ1n) is 5.27. The second kappa shape index (κ2) is 5.10. The van der Waals surface area contributed by atoms with Gasteiger partial charge in [-0.1, -0.05) is 12.1 Å². The molecule has 2 aromatic rings. The molecule has 0 saturated heterocycles. The number of carbonyl (C=O) groups excluding carboxylic acids is 1. The molecule has 1 aromatic carbocycles. The highest BCUT2D eigenvalue weighted by Gasteiger charge is 2.09. The fraction of sp³-hybridized carbons (Fsp3) is 0.250. The van der Waals surface area contributed by atoms with Crippen molar-refractivity contribution in [2.45, 2.75) is 13.5 Å².